The lowest BCUT2D eigenvalue weighted by atomic mass is 10.2. The van der Waals surface area contributed by atoms with E-state index in [2.05, 4.69) is 15.2 Å². The highest BCUT2D eigenvalue weighted by Crippen LogP contribution is 2.32. The van der Waals surface area contributed by atoms with Gasteiger partial charge in [-0.3, -0.25) is 4.68 Å². The Bertz CT molecular complexity index is 598. The average Bonchev–Trinajstić information content (AvgIpc) is 2.67. The van der Waals surface area contributed by atoms with E-state index >= 15 is 0 Å². The molecule has 0 bridgehead atoms. The van der Waals surface area contributed by atoms with Crippen LogP contribution in [0.2, 0.25) is 0 Å². The van der Waals surface area contributed by atoms with Crippen molar-refractivity contribution in [2.75, 3.05) is 11.1 Å². The molecule has 7 heteroatoms. The lowest BCUT2D eigenvalue weighted by Gasteiger charge is -2.13. The molecule has 0 amide bonds. The van der Waals surface area contributed by atoms with E-state index < -0.39 is 6.61 Å². The summed E-state index contributed by atoms with van der Waals surface area (Å²) in [6.45, 7) is -0.941. The highest BCUT2D eigenvalue weighted by atomic mass is 19.3. The molecule has 0 aliphatic carbocycles. The van der Waals surface area contributed by atoms with Crippen LogP contribution in [0, 0.1) is 0 Å². The highest BCUT2D eigenvalue weighted by Gasteiger charge is 2.15. The minimum Gasteiger partial charge on any atom is -0.433 e. The van der Waals surface area contributed by atoms with Gasteiger partial charge in [0, 0.05) is 7.05 Å². The third kappa shape index (κ3) is 2.81. The Morgan fingerprint density at radius 2 is 2.10 bits per heavy atom. The van der Waals surface area contributed by atoms with Crippen molar-refractivity contribution in [3.8, 4) is 5.75 Å². The zero-order valence-corrected chi connectivity index (χ0v) is 11.2. The van der Waals surface area contributed by atoms with Crippen molar-refractivity contribution in [2.24, 2.45) is 7.05 Å². The van der Waals surface area contributed by atoms with Gasteiger partial charge in [-0.2, -0.15) is 13.9 Å². The van der Waals surface area contributed by atoms with Crippen LogP contribution in [0.3, 0.4) is 0 Å². The number of para-hydroxylation sites is 2. The summed E-state index contributed by atoms with van der Waals surface area (Å²) in [5.74, 6) is 0.605. The van der Waals surface area contributed by atoms with Gasteiger partial charge >= 0.3 is 6.61 Å². The largest absolute Gasteiger partial charge is 0.433 e. The van der Waals surface area contributed by atoms with Gasteiger partial charge in [0.05, 0.1) is 17.1 Å². The van der Waals surface area contributed by atoms with Crippen molar-refractivity contribution >= 4 is 17.2 Å². The molecule has 108 valence electrons. The maximum absolute atomic E-state index is 12.4. The number of benzene rings is 1. The lowest BCUT2D eigenvalue weighted by molar-refractivity contribution is -0.0493. The first kappa shape index (κ1) is 14.1. The van der Waals surface area contributed by atoms with Crippen molar-refractivity contribution in [1.82, 2.24) is 9.78 Å². The van der Waals surface area contributed by atoms with Gasteiger partial charge in [-0.05, 0) is 18.6 Å². The first-order chi connectivity index (χ1) is 9.52. The maximum Gasteiger partial charge on any atom is 0.387 e. The Labute approximate surface area is 115 Å². The van der Waals surface area contributed by atoms with Crippen LogP contribution in [-0.2, 0) is 13.5 Å². The standard InChI is InChI=1S/C13H16F2N4O/c1-3-8-11(16)12(19(2)18-8)17-9-6-4-5-7-10(9)20-13(14)15/h4-7,13,17H,3,16H2,1-2H3. The van der Waals surface area contributed by atoms with E-state index in [1.807, 2.05) is 6.92 Å². The number of aryl methyl sites for hydroxylation is 2. The van der Waals surface area contributed by atoms with Gasteiger partial charge in [-0.1, -0.05) is 19.1 Å². The number of rotatable bonds is 5. The summed E-state index contributed by atoms with van der Waals surface area (Å²) in [4.78, 5) is 0. The predicted molar refractivity (Wildman–Crippen MR) is 73.4 cm³/mol. The second-order valence-electron chi connectivity index (χ2n) is 4.19. The topological polar surface area (TPSA) is 65.1 Å². The summed E-state index contributed by atoms with van der Waals surface area (Å²) >= 11 is 0. The van der Waals surface area contributed by atoms with Gasteiger partial charge in [-0.15, -0.1) is 0 Å². The molecule has 0 aliphatic rings. The second kappa shape index (κ2) is 5.77. The number of anilines is 3. The molecular weight excluding hydrogens is 266 g/mol. The van der Waals surface area contributed by atoms with Gasteiger partial charge in [0.15, 0.2) is 5.82 Å². The smallest absolute Gasteiger partial charge is 0.387 e. The number of nitrogens with zero attached hydrogens (tertiary/aromatic N) is 2. The second-order valence-corrected chi connectivity index (χ2v) is 4.19. The van der Waals surface area contributed by atoms with Gasteiger partial charge in [-0.25, -0.2) is 0 Å². The molecular formula is C13H16F2N4O. The molecule has 0 radical (unpaired) electrons. The van der Waals surface area contributed by atoms with Crippen LogP contribution >= 0.6 is 0 Å². The highest BCUT2D eigenvalue weighted by molar-refractivity contribution is 5.74. The van der Waals surface area contributed by atoms with Crippen LogP contribution in [0.15, 0.2) is 24.3 Å². The average molecular weight is 282 g/mol. The minimum absolute atomic E-state index is 0.0566. The Morgan fingerprint density at radius 3 is 2.70 bits per heavy atom. The van der Waals surface area contributed by atoms with Crippen LogP contribution < -0.4 is 15.8 Å². The molecule has 0 spiro atoms. The fourth-order valence-electron chi connectivity index (χ4n) is 1.90. The number of alkyl halides is 2. The van der Waals surface area contributed by atoms with E-state index in [-0.39, 0.29) is 5.75 Å². The molecule has 0 saturated heterocycles. The molecule has 3 N–H and O–H groups in total. The molecule has 0 unspecified atom stereocenters. The number of nitrogens with two attached hydrogens (primary N) is 1. The first-order valence-corrected chi connectivity index (χ1v) is 6.15. The Hall–Kier alpha value is -2.31. The molecule has 1 aromatic carbocycles. The third-order valence-corrected chi connectivity index (χ3v) is 2.85. The monoisotopic (exact) mass is 282 g/mol. The fourth-order valence-corrected chi connectivity index (χ4v) is 1.90. The number of ether oxygens (including phenoxy) is 1. The summed E-state index contributed by atoms with van der Waals surface area (Å²) in [5, 5.41) is 7.24. The molecule has 20 heavy (non-hydrogen) atoms. The Balaban J connectivity index is 2.33. The molecule has 1 heterocycles. The zero-order valence-electron chi connectivity index (χ0n) is 11.2. The molecule has 0 aliphatic heterocycles. The first-order valence-electron chi connectivity index (χ1n) is 6.15. The number of nitrogen functional groups attached to an aromatic ring is 1. The number of halogens is 2. The number of hydrogen-bond acceptors (Lipinski definition) is 4. The molecule has 2 aromatic rings. The van der Waals surface area contributed by atoms with Crippen molar-refractivity contribution in [2.45, 2.75) is 20.0 Å². The van der Waals surface area contributed by atoms with Crippen molar-refractivity contribution in [3.63, 3.8) is 0 Å². The van der Waals surface area contributed by atoms with E-state index in [1.165, 1.54) is 6.07 Å². The molecule has 2 rings (SSSR count). The normalized spacial score (nSPS) is 10.8. The van der Waals surface area contributed by atoms with E-state index in [0.29, 0.717) is 23.6 Å². The van der Waals surface area contributed by atoms with Crippen molar-refractivity contribution in [3.05, 3.63) is 30.0 Å². The SMILES string of the molecule is CCc1nn(C)c(Nc2ccccc2OC(F)F)c1N. The van der Waals surface area contributed by atoms with Crippen LogP contribution in [-0.4, -0.2) is 16.4 Å². The molecule has 5 nitrogen and oxygen atoms in total. The Morgan fingerprint density at radius 1 is 1.40 bits per heavy atom. The number of aromatic nitrogens is 2. The van der Waals surface area contributed by atoms with E-state index in [9.17, 15) is 8.78 Å². The summed E-state index contributed by atoms with van der Waals surface area (Å²) in [6.07, 6.45) is 0.691. The minimum atomic E-state index is -2.88. The molecule has 1 aromatic heterocycles. The van der Waals surface area contributed by atoms with Crippen LogP contribution in [0.5, 0.6) is 5.75 Å². The molecule has 0 fully saturated rings. The fraction of sp³-hybridized carbons (Fsp3) is 0.308. The summed E-state index contributed by atoms with van der Waals surface area (Å²) in [7, 11) is 1.73. The van der Waals surface area contributed by atoms with Crippen LogP contribution in [0.4, 0.5) is 26.0 Å². The Kier molecular flexibility index (Phi) is 4.07. The summed E-state index contributed by atoms with van der Waals surface area (Å²) in [5.41, 5.74) is 7.64. The van der Waals surface area contributed by atoms with E-state index in [4.69, 9.17) is 5.73 Å². The number of hydrogen-bond donors (Lipinski definition) is 2. The zero-order chi connectivity index (χ0) is 14.7. The van der Waals surface area contributed by atoms with E-state index in [0.717, 1.165) is 5.69 Å². The summed E-state index contributed by atoms with van der Waals surface area (Å²) < 4.78 is 30.8. The van der Waals surface area contributed by atoms with Gasteiger partial charge in [0.2, 0.25) is 0 Å². The predicted octanol–water partition coefficient (Wildman–Crippen LogP) is 2.91. The van der Waals surface area contributed by atoms with Crippen molar-refractivity contribution < 1.29 is 13.5 Å². The van der Waals surface area contributed by atoms with Gasteiger partial charge < -0.3 is 15.8 Å². The van der Waals surface area contributed by atoms with Crippen LogP contribution in [0.25, 0.3) is 0 Å². The van der Waals surface area contributed by atoms with E-state index in [1.54, 1.807) is 29.9 Å². The van der Waals surface area contributed by atoms with Gasteiger partial charge in [0.25, 0.3) is 0 Å². The molecule has 0 saturated carbocycles. The van der Waals surface area contributed by atoms with Crippen LogP contribution in [0.1, 0.15) is 12.6 Å². The third-order valence-electron chi connectivity index (χ3n) is 2.85. The van der Waals surface area contributed by atoms with Crippen molar-refractivity contribution in [1.29, 1.82) is 0 Å². The number of nitrogens with one attached hydrogen (secondary N) is 1. The maximum atomic E-state index is 12.4. The summed E-state index contributed by atoms with van der Waals surface area (Å²) in [6, 6.07) is 6.43. The van der Waals surface area contributed by atoms with Gasteiger partial charge in [0.1, 0.15) is 5.75 Å². The lowest BCUT2D eigenvalue weighted by Crippen LogP contribution is -2.06. The molecule has 0 atom stereocenters. The quantitative estimate of drug-likeness (QED) is 0.885.